The largest absolute Gasteiger partial charge is 0.312 e. The molecule has 0 atom stereocenters. The number of Topliss-reactive ketones (excluding diaryl/α,β-unsaturated/α-hetero) is 1. The Morgan fingerprint density at radius 2 is 2.11 bits per heavy atom. The van der Waals surface area contributed by atoms with Gasteiger partial charge in [0.2, 0.25) is 0 Å². The first-order chi connectivity index (χ1) is 8.77. The molecule has 5 heteroatoms. The second kappa shape index (κ2) is 6.35. The van der Waals surface area contributed by atoms with Gasteiger partial charge in [-0.3, -0.25) is 4.79 Å². The minimum absolute atomic E-state index is 0.203. The van der Waals surface area contributed by atoms with Crippen molar-refractivity contribution in [1.82, 2.24) is 14.8 Å². The predicted molar refractivity (Wildman–Crippen MR) is 71.7 cm³/mol. The average Bonchev–Trinajstić information content (AvgIpc) is 2.81. The third-order valence-electron chi connectivity index (χ3n) is 2.54. The maximum absolute atomic E-state index is 11.8. The summed E-state index contributed by atoms with van der Waals surface area (Å²) in [5.41, 5.74) is 0.793. The fourth-order valence-corrected chi connectivity index (χ4v) is 2.39. The Morgan fingerprint density at radius 3 is 2.78 bits per heavy atom. The Bertz CT molecular complexity index is 510. The highest BCUT2D eigenvalue weighted by molar-refractivity contribution is 7.99. The second-order valence-electron chi connectivity index (χ2n) is 3.97. The fraction of sp³-hybridized carbons (Fsp3) is 0.308. The molecule has 2 aromatic rings. The number of nitrogens with zero attached hydrogens (tertiary/aromatic N) is 3. The predicted octanol–water partition coefficient (Wildman–Crippen LogP) is 2.57. The number of aromatic nitrogens is 3. The summed E-state index contributed by atoms with van der Waals surface area (Å²) in [6.07, 6.45) is 3.11. The molecule has 4 nitrogen and oxygen atoms in total. The molecule has 1 aromatic carbocycles. The van der Waals surface area contributed by atoms with Gasteiger partial charge < -0.3 is 4.57 Å². The van der Waals surface area contributed by atoms with Gasteiger partial charge in [-0.05, 0) is 6.42 Å². The molecule has 0 saturated carbocycles. The Morgan fingerprint density at radius 1 is 1.33 bits per heavy atom. The number of hydrogen-bond acceptors (Lipinski definition) is 4. The van der Waals surface area contributed by atoms with Crippen LogP contribution in [0.3, 0.4) is 0 Å². The van der Waals surface area contributed by atoms with Gasteiger partial charge in [0, 0.05) is 24.8 Å². The van der Waals surface area contributed by atoms with Crippen molar-refractivity contribution in [2.75, 3.05) is 5.75 Å². The van der Waals surface area contributed by atoms with E-state index in [0.717, 1.165) is 22.9 Å². The monoisotopic (exact) mass is 261 g/mol. The number of thioether (sulfide) groups is 1. The van der Waals surface area contributed by atoms with Gasteiger partial charge in [-0.1, -0.05) is 42.1 Å². The van der Waals surface area contributed by atoms with Crippen LogP contribution < -0.4 is 0 Å². The topological polar surface area (TPSA) is 47.8 Å². The number of hydrogen-bond donors (Lipinski definition) is 0. The first kappa shape index (κ1) is 12.8. The van der Waals surface area contributed by atoms with E-state index in [1.165, 1.54) is 0 Å². The van der Waals surface area contributed by atoms with E-state index in [-0.39, 0.29) is 5.78 Å². The maximum Gasteiger partial charge on any atom is 0.190 e. The Balaban J connectivity index is 1.73. The zero-order valence-electron chi connectivity index (χ0n) is 10.2. The van der Waals surface area contributed by atoms with E-state index in [0.29, 0.717) is 6.42 Å². The first-order valence-corrected chi connectivity index (χ1v) is 6.81. The van der Waals surface area contributed by atoms with Gasteiger partial charge >= 0.3 is 0 Å². The van der Waals surface area contributed by atoms with Crippen molar-refractivity contribution in [3.63, 3.8) is 0 Å². The molecule has 0 amide bonds. The summed E-state index contributed by atoms with van der Waals surface area (Å²) in [6, 6.07) is 9.42. The van der Waals surface area contributed by atoms with Crippen LogP contribution in [-0.2, 0) is 7.05 Å². The molecule has 0 bridgehead atoms. The molecule has 0 radical (unpaired) electrons. The molecule has 0 aliphatic carbocycles. The minimum atomic E-state index is 0.203. The molecule has 0 aliphatic heterocycles. The number of carbonyl (C=O) groups excluding carboxylic acids is 1. The van der Waals surface area contributed by atoms with Crippen molar-refractivity contribution in [3.8, 4) is 0 Å². The second-order valence-corrected chi connectivity index (χ2v) is 5.03. The third kappa shape index (κ3) is 3.43. The molecule has 0 N–H and O–H groups in total. The lowest BCUT2D eigenvalue weighted by atomic mass is 10.1. The summed E-state index contributed by atoms with van der Waals surface area (Å²) in [4.78, 5) is 11.8. The van der Waals surface area contributed by atoms with Gasteiger partial charge in [0.05, 0.1) is 0 Å². The lowest BCUT2D eigenvalue weighted by Crippen LogP contribution is -1.99. The average molecular weight is 261 g/mol. The molecule has 0 aliphatic rings. The van der Waals surface area contributed by atoms with Gasteiger partial charge in [-0.25, -0.2) is 0 Å². The van der Waals surface area contributed by atoms with Gasteiger partial charge in [0.1, 0.15) is 6.33 Å². The SMILES string of the molecule is Cn1cnnc1SCCCC(=O)c1ccccc1. The van der Waals surface area contributed by atoms with Crippen LogP contribution in [0.1, 0.15) is 23.2 Å². The Labute approximate surface area is 110 Å². The van der Waals surface area contributed by atoms with Crippen LogP contribution >= 0.6 is 11.8 Å². The molecule has 0 spiro atoms. The van der Waals surface area contributed by atoms with Crippen LogP contribution in [0.2, 0.25) is 0 Å². The Hall–Kier alpha value is -1.62. The summed E-state index contributed by atoms with van der Waals surface area (Å²) >= 11 is 1.63. The molecule has 0 fully saturated rings. The van der Waals surface area contributed by atoms with Gasteiger partial charge in [-0.15, -0.1) is 10.2 Å². The Kier molecular flexibility index (Phi) is 4.52. The minimum Gasteiger partial charge on any atom is -0.312 e. The summed E-state index contributed by atoms with van der Waals surface area (Å²) in [6.45, 7) is 0. The van der Waals surface area contributed by atoms with Crippen LogP contribution in [0.4, 0.5) is 0 Å². The van der Waals surface area contributed by atoms with Gasteiger partial charge in [0.15, 0.2) is 10.9 Å². The zero-order chi connectivity index (χ0) is 12.8. The van der Waals surface area contributed by atoms with E-state index >= 15 is 0 Å². The highest BCUT2D eigenvalue weighted by Crippen LogP contribution is 2.16. The highest BCUT2D eigenvalue weighted by Gasteiger charge is 2.06. The number of ketones is 1. The summed E-state index contributed by atoms with van der Waals surface area (Å²) in [5.74, 6) is 1.08. The number of rotatable bonds is 6. The number of carbonyl (C=O) groups is 1. The van der Waals surface area contributed by atoms with E-state index in [4.69, 9.17) is 0 Å². The van der Waals surface area contributed by atoms with E-state index < -0.39 is 0 Å². The standard InChI is InChI=1S/C13H15N3OS/c1-16-10-14-15-13(16)18-9-5-8-12(17)11-6-3-2-4-7-11/h2-4,6-7,10H,5,8-9H2,1H3. The van der Waals surface area contributed by atoms with E-state index in [1.54, 1.807) is 18.1 Å². The van der Waals surface area contributed by atoms with Crippen LogP contribution in [0, 0.1) is 0 Å². The molecule has 94 valence electrons. The van der Waals surface area contributed by atoms with Crippen molar-refractivity contribution in [2.24, 2.45) is 7.05 Å². The van der Waals surface area contributed by atoms with Gasteiger partial charge in [0.25, 0.3) is 0 Å². The normalized spacial score (nSPS) is 10.5. The van der Waals surface area contributed by atoms with Crippen LogP contribution in [0.25, 0.3) is 0 Å². The smallest absolute Gasteiger partial charge is 0.190 e. The number of aryl methyl sites for hydroxylation is 1. The molecule has 0 saturated heterocycles. The first-order valence-electron chi connectivity index (χ1n) is 5.82. The fourth-order valence-electron chi connectivity index (χ4n) is 1.57. The van der Waals surface area contributed by atoms with Crippen molar-refractivity contribution >= 4 is 17.5 Å². The summed E-state index contributed by atoms with van der Waals surface area (Å²) in [5, 5.41) is 8.68. The molecular formula is C13H15N3OS. The lowest BCUT2D eigenvalue weighted by Gasteiger charge is -2.01. The van der Waals surface area contributed by atoms with Crippen LogP contribution in [-0.4, -0.2) is 26.3 Å². The maximum atomic E-state index is 11.8. The van der Waals surface area contributed by atoms with E-state index in [2.05, 4.69) is 10.2 Å². The van der Waals surface area contributed by atoms with Crippen molar-refractivity contribution in [1.29, 1.82) is 0 Å². The zero-order valence-corrected chi connectivity index (χ0v) is 11.1. The van der Waals surface area contributed by atoms with Crippen molar-refractivity contribution in [3.05, 3.63) is 42.2 Å². The molecule has 0 unspecified atom stereocenters. The van der Waals surface area contributed by atoms with Crippen molar-refractivity contribution in [2.45, 2.75) is 18.0 Å². The molecule has 2 rings (SSSR count). The lowest BCUT2D eigenvalue weighted by molar-refractivity contribution is 0.0982. The summed E-state index contributed by atoms with van der Waals surface area (Å²) in [7, 11) is 1.91. The molecule has 1 aromatic heterocycles. The van der Waals surface area contributed by atoms with E-state index in [9.17, 15) is 4.79 Å². The molecule has 18 heavy (non-hydrogen) atoms. The summed E-state index contributed by atoms with van der Waals surface area (Å²) < 4.78 is 1.88. The molecular weight excluding hydrogens is 246 g/mol. The van der Waals surface area contributed by atoms with Gasteiger partial charge in [-0.2, -0.15) is 0 Å². The highest BCUT2D eigenvalue weighted by atomic mass is 32.2. The van der Waals surface area contributed by atoms with E-state index in [1.807, 2.05) is 41.9 Å². The number of benzene rings is 1. The quantitative estimate of drug-likeness (QED) is 0.455. The van der Waals surface area contributed by atoms with Crippen molar-refractivity contribution < 1.29 is 4.79 Å². The van der Waals surface area contributed by atoms with Crippen LogP contribution in [0.15, 0.2) is 41.8 Å². The van der Waals surface area contributed by atoms with Crippen LogP contribution in [0.5, 0.6) is 0 Å². The third-order valence-corrected chi connectivity index (χ3v) is 3.67. The molecule has 1 heterocycles.